The van der Waals surface area contributed by atoms with Crippen molar-refractivity contribution in [3.63, 3.8) is 0 Å². The minimum absolute atomic E-state index is 0.243. The molecule has 1 N–H and O–H groups in total. The molecule has 9 heteroatoms. The van der Waals surface area contributed by atoms with Crippen molar-refractivity contribution >= 4 is 39.0 Å². The van der Waals surface area contributed by atoms with Crippen LogP contribution in [0.2, 0.25) is 0 Å². The van der Waals surface area contributed by atoms with E-state index < -0.39 is 17.7 Å². The number of ether oxygens (including phenoxy) is 1. The third kappa shape index (κ3) is 3.87. The minimum atomic E-state index is -4.44. The molecule has 0 fully saturated rings. The molecule has 0 aliphatic carbocycles. The van der Waals surface area contributed by atoms with Crippen LogP contribution in [0, 0.1) is 13.8 Å². The number of carbonyl (C=O) groups excluding carboxylic acids is 1. The Balaban J connectivity index is 2.08. The fraction of sp³-hybridized carbons (Fsp3) is 0.278. The molecule has 0 unspecified atom stereocenters. The highest BCUT2D eigenvalue weighted by molar-refractivity contribution is 7.20. The zero-order valence-corrected chi connectivity index (χ0v) is 15.6. The minimum Gasteiger partial charge on any atom is -0.462 e. The third-order valence-electron chi connectivity index (χ3n) is 3.82. The van der Waals surface area contributed by atoms with E-state index in [0.29, 0.717) is 32.3 Å². The van der Waals surface area contributed by atoms with Crippen molar-refractivity contribution in [1.82, 2.24) is 9.97 Å². The monoisotopic (exact) mass is 395 g/mol. The van der Waals surface area contributed by atoms with Crippen LogP contribution in [0.4, 0.5) is 24.7 Å². The average molecular weight is 395 g/mol. The summed E-state index contributed by atoms with van der Waals surface area (Å²) in [5.41, 5.74) is 0.110. The van der Waals surface area contributed by atoms with Crippen LogP contribution in [-0.2, 0) is 10.9 Å². The summed E-state index contributed by atoms with van der Waals surface area (Å²) in [6.07, 6.45) is -4.44. The van der Waals surface area contributed by atoms with Crippen LogP contribution in [0.15, 0.2) is 24.3 Å². The third-order valence-corrected chi connectivity index (χ3v) is 4.98. The fourth-order valence-corrected chi connectivity index (χ4v) is 3.76. The first-order chi connectivity index (χ1) is 12.7. The number of carbonyl (C=O) groups is 1. The van der Waals surface area contributed by atoms with Gasteiger partial charge in [0, 0.05) is 5.69 Å². The summed E-state index contributed by atoms with van der Waals surface area (Å²) in [7, 11) is 0. The van der Waals surface area contributed by atoms with Crippen LogP contribution in [0.3, 0.4) is 0 Å². The maximum absolute atomic E-state index is 12.9. The highest BCUT2D eigenvalue weighted by atomic mass is 32.1. The number of nitrogens with zero attached hydrogens (tertiary/aromatic N) is 2. The summed E-state index contributed by atoms with van der Waals surface area (Å²) in [4.78, 5) is 21.8. The van der Waals surface area contributed by atoms with Gasteiger partial charge < -0.3 is 10.1 Å². The van der Waals surface area contributed by atoms with Gasteiger partial charge in [0.25, 0.3) is 0 Å². The number of hydrogen-bond donors (Lipinski definition) is 1. The molecule has 1 aromatic carbocycles. The maximum atomic E-state index is 12.9. The Morgan fingerprint density at radius 3 is 2.67 bits per heavy atom. The van der Waals surface area contributed by atoms with Gasteiger partial charge in [-0.25, -0.2) is 14.8 Å². The second-order valence-electron chi connectivity index (χ2n) is 5.78. The van der Waals surface area contributed by atoms with Crippen LogP contribution in [-0.4, -0.2) is 22.5 Å². The number of aryl methyl sites for hydroxylation is 2. The molecule has 0 aliphatic heterocycles. The molecule has 0 saturated carbocycles. The summed E-state index contributed by atoms with van der Waals surface area (Å²) in [6, 6.07) is 4.85. The van der Waals surface area contributed by atoms with Gasteiger partial charge in [-0.1, -0.05) is 6.07 Å². The van der Waals surface area contributed by atoms with Crippen LogP contribution in [0.1, 0.15) is 33.5 Å². The van der Waals surface area contributed by atoms with Crippen molar-refractivity contribution in [2.24, 2.45) is 0 Å². The zero-order valence-electron chi connectivity index (χ0n) is 14.8. The predicted molar refractivity (Wildman–Crippen MR) is 97.6 cm³/mol. The summed E-state index contributed by atoms with van der Waals surface area (Å²) < 4.78 is 43.9. The first-order valence-electron chi connectivity index (χ1n) is 8.10. The highest BCUT2D eigenvalue weighted by Gasteiger charge is 2.30. The Morgan fingerprint density at radius 2 is 2.00 bits per heavy atom. The lowest BCUT2D eigenvalue weighted by Crippen LogP contribution is -2.06. The van der Waals surface area contributed by atoms with E-state index in [2.05, 4.69) is 15.3 Å². The molecule has 142 valence electrons. The first kappa shape index (κ1) is 19.1. The van der Waals surface area contributed by atoms with Crippen LogP contribution in [0.25, 0.3) is 10.2 Å². The van der Waals surface area contributed by atoms with E-state index in [-0.39, 0.29) is 12.3 Å². The summed E-state index contributed by atoms with van der Waals surface area (Å²) in [5.74, 6) is 0.329. The lowest BCUT2D eigenvalue weighted by atomic mass is 10.1. The zero-order chi connectivity index (χ0) is 19.8. The summed E-state index contributed by atoms with van der Waals surface area (Å²) >= 11 is 1.17. The molecule has 0 bridgehead atoms. The highest BCUT2D eigenvalue weighted by Crippen LogP contribution is 2.36. The van der Waals surface area contributed by atoms with E-state index >= 15 is 0 Å². The number of benzene rings is 1. The number of aromatic nitrogens is 2. The number of halogens is 3. The average Bonchev–Trinajstić information content (AvgIpc) is 2.91. The molecule has 0 aliphatic rings. The molecule has 3 aromatic rings. The normalized spacial score (nSPS) is 11.6. The number of alkyl halides is 3. The Hall–Kier alpha value is -2.68. The predicted octanol–water partition coefficient (Wildman–Crippen LogP) is 5.25. The lowest BCUT2D eigenvalue weighted by Gasteiger charge is -2.11. The standard InChI is InChI=1S/C18H16F3N3O2S/c1-4-26-17(25)14-9(2)13-15(22-10(3)23-16(13)27-14)24-12-7-5-6-11(8-12)18(19,20)21/h5-8H,4H2,1-3H3,(H,22,23,24). The van der Waals surface area contributed by atoms with Gasteiger partial charge in [-0.05, 0) is 44.5 Å². The van der Waals surface area contributed by atoms with Crippen molar-refractivity contribution < 1.29 is 22.7 Å². The molecule has 0 atom stereocenters. The van der Waals surface area contributed by atoms with E-state index in [1.807, 2.05) is 0 Å². The number of nitrogens with one attached hydrogen (secondary N) is 1. The molecule has 0 radical (unpaired) electrons. The number of hydrogen-bond acceptors (Lipinski definition) is 6. The largest absolute Gasteiger partial charge is 0.462 e. The Labute approximate surface area is 157 Å². The van der Waals surface area contributed by atoms with E-state index in [4.69, 9.17) is 4.74 Å². The van der Waals surface area contributed by atoms with Gasteiger partial charge in [-0.2, -0.15) is 13.2 Å². The SMILES string of the molecule is CCOC(=O)c1sc2nc(C)nc(Nc3cccc(C(F)(F)F)c3)c2c1C. The van der Waals surface area contributed by atoms with Crippen LogP contribution < -0.4 is 5.32 Å². The molecular formula is C18H16F3N3O2S. The van der Waals surface area contributed by atoms with Gasteiger partial charge in [0.15, 0.2) is 0 Å². The van der Waals surface area contributed by atoms with Gasteiger partial charge in [0.05, 0.1) is 17.6 Å². The van der Waals surface area contributed by atoms with E-state index in [1.165, 1.54) is 23.5 Å². The molecule has 3 rings (SSSR count). The van der Waals surface area contributed by atoms with Crippen molar-refractivity contribution in [1.29, 1.82) is 0 Å². The Morgan fingerprint density at radius 1 is 1.26 bits per heavy atom. The van der Waals surface area contributed by atoms with Crippen molar-refractivity contribution in [2.45, 2.75) is 26.9 Å². The van der Waals surface area contributed by atoms with E-state index in [0.717, 1.165) is 12.1 Å². The van der Waals surface area contributed by atoms with Crippen LogP contribution in [0.5, 0.6) is 0 Å². The van der Waals surface area contributed by atoms with Crippen molar-refractivity contribution in [2.75, 3.05) is 11.9 Å². The van der Waals surface area contributed by atoms with Crippen LogP contribution >= 0.6 is 11.3 Å². The van der Waals surface area contributed by atoms with E-state index in [1.54, 1.807) is 20.8 Å². The lowest BCUT2D eigenvalue weighted by molar-refractivity contribution is -0.137. The number of esters is 1. The number of anilines is 2. The summed E-state index contributed by atoms with van der Waals surface area (Å²) in [5, 5.41) is 3.52. The summed E-state index contributed by atoms with van der Waals surface area (Å²) in [6.45, 7) is 5.37. The molecule has 0 amide bonds. The topological polar surface area (TPSA) is 64.1 Å². The molecule has 27 heavy (non-hydrogen) atoms. The second-order valence-corrected chi connectivity index (χ2v) is 6.78. The molecule has 2 heterocycles. The van der Waals surface area contributed by atoms with Gasteiger partial charge in [-0.15, -0.1) is 11.3 Å². The number of rotatable bonds is 4. The first-order valence-corrected chi connectivity index (χ1v) is 8.91. The number of fused-ring (bicyclic) bond motifs is 1. The molecule has 2 aromatic heterocycles. The Kier molecular flexibility index (Phi) is 5.05. The van der Waals surface area contributed by atoms with Crippen molar-refractivity contribution in [3.8, 4) is 0 Å². The van der Waals surface area contributed by atoms with Crippen molar-refractivity contribution in [3.05, 3.63) is 46.1 Å². The molecule has 0 saturated heterocycles. The van der Waals surface area contributed by atoms with Gasteiger partial charge >= 0.3 is 12.1 Å². The quantitative estimate of drug-likeness (QED) is 0.612. The van der Waals surface area contributed by atoms with Gasteiger partial charge in [0.1, 0.15) is 21.3 Å². The second kappa shape index (κ2) is 7.15. The van der Waals surface area contributed by atoms with Gasteiger partial charge in [0.2, 0.25) is 0 Å². The smallest absolute Gasteiger partial charge is 0.416 e. The number of thiophene rings is 1. The van der Waals surface area contributed by atoms with Gasteiger partial charge in [-0.3, -0.25) is 0 Å². The Bertz CT molecular complexity index is 1010. The van der Waals surface area contributed by atoms with E-state index in [9.17, 15) is 18.0 Å². The fourth-order valence-electron chi connectivity index (χ4n) is 2.64. The molecular weight excluding hydrogens is 379 g/mol. The maximum Gasteiger partial charge on any atom is 0.416 e. The molecule has 5 nitrogen and oxygen atoms in total. The molecule has 0 spiro atoms.